The second kappa shape index (κ2) is 7.68. The molecule has 0 aliphatic heterocycles. The molecule has 6 heteroatoms. The van der Waals surface area contributed by atoms with Crippen LogP contribution >= 0.6 is 0 Å². The van der Waals surface area contributed by atoms with E-state index >= 15 is 0 Å². The fraction of sp³-hybridized carbons (Fsp3) is 0.227. The molecular weight excluding hydrogens is 354 g/mol. The molecule has 0 radical (unpaired) electrons. The summed E-state index contributed by atoms with van der Waals surface area (Å²) in [5, 5.41) is 0. The largest absolute Gasteiger partial charge is 0.426 e. The summed E-state index contributed by atoms with van der Waals surface area (Å²) in [5.41, 5.74) is 4.52. The Balaban J connectivity index is 2.07. The molecule has 1 heterocycles. The highest BCUT2D eigenvalue weighted by atomic mass is 16.5. The van der Waals surface area contributed by atoms with E-state index < -0.39 is 0 Å². The molecule has 144 valence electrons. The van der Waals surface area contributed by atoms with Crippen LogP contribution in [0.15, 0.2) is 49.3 Å². The number of amides is 1. The van der Waals surface area contributed by atoms with Crippen LogP contribution < -0.4 is 9.64 Å². The van der Waals surface area contributed by atoms with Crippen molar-refractivity contribution in [3.8, 4) is 5.75 Å². The summed E-state index contributed by atoms with van der Waals surface area (Å²) < 4.78 is 7.17. The number of ether oxygens (including phenoxy) is 1. The van der Waals surface area contributed by atoms with E-state index in [1.54, 1.807) is 23.4 Å². The van der Waals surface area contributed by atoms with Gasteiger partial charge in [-0.25, -0.2) is 4.98 Å². The molecule has 0 spiro atoms. The lowest BCUT2D eigenvalue weighted by Crippen LogP contribution is -2.26. The molecule has 3 aromatic rings. The first kappa shape index (κ1) is 19.4. The minimum Gasteiger partial charge on any atom is -0.426 e. The van der Waals surface area contributed by atoms with Crippen molar-refractivity contribution in [2.75, 3.05) is 4.90 Å². The number of carbonyl (C=O) groups excluding carboxylic acids is 2. The SMILES string of the molecule is C=C(c1ccc(OC(C)=O)c(CC)c1)N(C(C)=O)c1cccc2c1ncn2C. The van der Waals surface area contributed by atoms with Crippen LogP contribution in [0, 0.1) is 0 Å². The van der Waals surface area contributed by atoms with Gasteiger partial charge in [-0.05, 0) is 47.9 Å². The molecule has 1 aromatic heterocycles. The molecule has 0 aliphatic carbocycles. The summed E-state index contributed by atoms with van der Waals surface area (Å²) in [6.45, 7) is 9.02. The lowest BCUT2D eigenvalue weighted by atomic mass is 10.0. The van der Waals surface area contributed by atoms with Gasteiger partial charge in [-0.15, -0.1) is 0 Å². The number of aromatic nitrogens is 2. The van der Waals surface area contributed by atoms with Crippen LogP contribution in [0.3, 0.4) is 0 Å². The van der Waals surface area contributed by atoms with E-state index in [9.17, 15) is 9.59 Å². The first-order valence-corrected chi connectivity index (χ1v) is 9.04. The first-order valence-electron chi connectivity index (χ1n) is 9.04. The minimum atomic E-state index is -0.367. The monoisotopic (exact) mass is 377 g/mol. The van der Waals surface area contributed by atoms with Crippen molar-refractivity contribution in [1.82, 2.24) is 9.55 Å². The molecular formula is C22H23N3O3. The average Bonchev–Trinajstić information content (AvgIpc) is 3.03. The van der Waals surface area contributed by atoms with Crippen LogP contribution in [-0.2, 0) is 23.1 Å². The number of nitrogens with zero attached hydrogens (tertiary/aromatic N) is 3. The molecule has 28 heavy (non-hydrogen) atoms. The number of aryl methyl sites for hydroxylation is 2. The van der Waals surface area contributed by atoms with Gasteiger partial charge >= 0.3 is 5.97 Å². The molecule has 0 unspecified atom stereocenters. The van der Waals surface area contributed by atoms with Crippen molar-refractivity contribution >= 4 is 34.3 Å². The number of fused-ring (bicyclic) bond motifs is 1. The highest BCUT2D eigenvalue weighted by molar-refractivity contribution is 6.09. The summed E-state index contributed by atoms with van der Waals surface area (Å²) in [4.78, 5) is 29.9. The van der Waals surface area contributed by atoms with E-state index in [-0.39, 0.29) is 11.9 Å². The van der Waals surface area contributed by atoms with Crippen LogP contribution in [0.2, 0.25) is 0 Å². The van der Waals surface area contributed by atoms with Gasteiger partial charge in [0.2, 0.25) is 5.91 Å². The predicted molar refractivity (Wildman–Crippen MR) is 110 cm³/mol. The van der Waals surface area contributed by atoms with Gasteiger partial charge in [0.1, 0.15) is 11.3 Å². The molecule has 0 saturated heterocycles. The van der Waals surface area contributed by atoms with E-state index in [2.05, 4.69) is 11.6 Å². The summed E-state index contributed by atoms with van der Waals surface area (Å²) >= 11 is 0. The number of para-hydroxylation sites is 1. The lowest BCUT2D eigenvalue weighted by molar-refractivity contribution is -0.132. The minimum absolute atomic E-state index is 0.162. The molecule has 6 nitrogen and oxygen atoms in total. The van der Waals surface area contributed by atoms with Crippen molar-refractivity contribution in [2.45, 2.75) is 27.2 Å². The Bertz CT molecular complexity index is 1080. The smallest absolute Gasteiger partial charge is 0.308 e. The maximum atomic E-state index is 12.5. The van der Waals surface area contributed by atoms with Crippen LogP contribution in [0.25, 0.3) is 16.7 Å². The predicted octanol–water partition coefficient (Wildman–Crippen LogP) is 4.08. The first-order chi connectivity index (χ1) is 13.3. The zero-order chi connectivity index (χ0) is 20.4. The van der Waals surface area contributed by atoms with Gasteiger partial charge in [0.15, 0.2) is 0 Å². The lowest BCUT2D eigenvalue weighted by Gasteiger charge is -2.24. The number of esters is 1. The molecule has 0 bridgehead atoms. The Morgan fingerprint density at radius 3 is 2.61 bits per heavy atom. The van der Waals surface area contributed by atoms with E-state index in [4.69, 9.17) is 4.74 Å². The Morgan fingerprint density at radius 2 is 1.96 bits per heavy atom. The molecule has 0 atom stereocenters. The topological polar surface area (TPSA) is 64.4 Å². The van der Waals surface area contributed by atoms with Crippen LogP contribution in [0.5, 0.6) is 5.75 Å². The molecule has 0 saturated carbocycles. The summed E-state index contributed by atoms with van der Waals surface area (Å²) in [7, 11) is 1.91. The quantitative estimate of drug-likeness (QED) is 0.496. The second-order valence-corrected chi connectivity index (χ2v) is 6.57. The van der Waals surface area contributed by atoms with Crippen molar-refractivity contribution in [3.05, 3.63) is 60.4 Å². The van der Waals surface area contributed by atoms with Gasteiger partial charge in [0.25, 0.3) is 0 Å². The number of hydrogen-bond acceptors (Lipinski definition) is 4. The molecule has 0 fully saturated rings. The third kappa shape index (κ3) is 3.53. The Labute approximate surface area is 164 Å². The normalized spacial score (nSPS) is 10.7. The summed E-state index contributed by atoms with van der Waals surface area (Å²) in [6.07, 6.45) is 2.40. The summed E-state index contributed by atoms with van der Waals surface area (Å²) in [5.74, 6) is -0.00788. The van der Waals surface area contributed by atoms with Crippen molar-refractivity contribution < 1.29 is 14.3 Å². The van der Waals surface area contributed by atoms with Gasteiger partial charge in [-0.3, -0.25) is 14.5 Å². The Kier molecular flexibility index (Phi) is 5.31. The van der Waals surface area contributed by atoms with Gasteiger partial charge in [-0.1, -0.05) is 19.6 Å². The molecule has 0 N–H and O–H groups in total. The number of carbonyl (C=O) groups is 2. The molecule has 2 aromatic carbocycles. The zero-order valence-electron chi connectivity index (χ0n) is 16.5. The van der Waals surface area contributed by atoms with Gasteiger partial charge in [-0.2, -0.15) is 0 Å². The Morgan fingerprint density at radius 1 is 1.21 bits per heavy atom. The third-order valence-electron chi connectivity index (χ3n) is 4.59. The van der Waals surface area contributed by atoms with E-state index in [0.29, 0.717) is 23.6 Å². The number of benzene rings is 2. The van der Waals surface area contributed by atoms with Gasteiger partial charge in [0.05, 0.1) is 17.5 Å². The highest BCUT2D eigenvalue weighted by Crippen LogP contribution is 2.33. The van der Waals surface area contributed by atoms with E-state index in [0.717, 1.165) is 22.2 Å². The van der Waals surface area contributed by atoms with Crippen LogP contribution in [-0.4, -0.2) is 21.4 Å². The maximum Gasteiger partial charge on any atom is 0.308 e. The van der Waals surface area contributed by atoms with Crippen molar-refractivity contribution in [2.24, 2.45) is 7.05 Å². The zero-order valence-corrected chi connectivity index (χ0v) is 16.5. The number of rotatable bonds is 5. The molecule has 3 rings (SSSR count). The number of hydrogen-bond donors (Lipinski definition) is 0. The molecule has 0 aliphatic rings. The average molecular weight is 377 g/mol. The van der Waals surface area contributed by atoms with Crippen molar-refractivity contribution in [1.29, 1.82) is 0 Å². The van der Waals surface area contributed by atoms with Crippen LogP contribution in [0.1, 0.15) is 31.9 Å². The summed E-state index contributed by atoms with van der Waals surface area (Å²) in [6, 6.07) is 11.1. The fourth-order valence-corrected chi connectivity index (χ4v) is 3.25. The molecule has 1 amide bonds. The van der Waals surface area contributed by atoms with E-state index in [1.165, 1.54) is 13.8 Å². The standard InChI is InChI=1S/C22H23N3O3/c1-6-17-12-18(10-11-21(17)28-16(4)27)14(2)25(15(3)26)20-9-7-8-19-22(20)23-13-24(19)5/h7-13H,2,6H2,1,3-5H3. The number of imidazole rings is 1. The van der Waals surface area contributed by atoms with Crippen LogP contribution in [0.4, 0.5) is 5.69 Å². The van der Waals surface area contributed by atoms with E-state index in [1.807, 2.05) is 42.8 Å². The van der Waals surface area contributed by atoms with Gasteiger partial charge in [0, 0.05) is 26.6 Å². The maximum absolute atomic E-state index is 12.5. The second-order valence-electron chi connectivity index (χ2n) is 6.57. The third-order valence-corrected chi connectivity index (χ3v) is 4.59. The Hall–Kier alpha value is -3.41. The van der Waals surface area contributed by atoms with Gasteiger partial charge < -0.3 is 9.30 Å². The number of anilines is 1. The van der Waals surface area contributed by atoms with Crippen molar-refractivity contribution in [3.63, 3.8) is 0 Å². The fourth-order valence-electron chi connectivity index (χ4n) is 3.25. The highest BCUT2D eigenvalue weighted by Gasteiger charge is 2.21.